The number of ether oxygens (including phenoxy) is 4. The lowest BCUT2D eigenvalue weighted by molar-refractivity contribution is -0.158. The third-order valence-electron chi connectivity index (χ3n) is 4.36. The number of halogens is 2. The van der Waals surface area contributed by atoms with Crippen molar-refractivity contribution < 1.29 is 33.3 Å². The van der Waals surface area contributed by atoms with Crippen LogP contribution in [-0.2, 0) is 36.8 Å². The molecule has 0 fully saturated rings. The Labute approximate surface area is 195 Å². The lowest BCUT2D eigenvalue weighted by Gasteiger charge is -2.16. The predicted octanol–water partition coefficient (Wildman–Crippen LogP) is 4.65. The van der Waals surface area contributed by atoms with E-state index in [4.69, 9.17) is 42.1 Å². The highest BCUT2D eigenvalue weighted by molar-refractivity contribution is 6.36. The highest BCUT2D eigenvalue weighted by atomic mass is 35.5. The van der Waals surface area contributed by atoms with E-state index in [2.05, 4.69) is 5.32 Å². The normalized spacial score (nSPS) is 10.4. The topological polar surface area (TPSA) is 100 Å². The van der Waals surface area contributed by atoms with E-state index in [0.29, 0.717) is 34.2 Å². The van der Waals surface area contributed by atoms with Crippen molar-refractivity contribution >= 4 is 46.9 Å². The zero-order chi connectivity index (χ0) is 23.7. The van der Waals surface area contributed by atoms with Gasteiger partial charge in [-0.3, -0.25) is 14.9 Å². The number of nitrogens with one attached hydrogen (secondary N) is 1. The monoisotopic (exact) mass is 483 g/mol. The molecule has 172 valence electrons. The first-order chi connectivity index (χ1) is 15.3. The molecule has 2 aromatic carbocycles. The molecule has 1 N–H and O–H groups in total. The number of carbonyl (C=O) groups is 3. The molecule has 0 heterocycles. The van der Waals surface area contributed by atoms with Crippen molar-refractivity contribution in [2.75, 3.05) is 26.1 Å². The van der Waals surface area contributed by atoms with Crippen LogP contribution in [-0.4, -0.2) is 38.9 Å². The average Bonchev–Trinajstić information content (AvgIpc) is 2.78. The molecule has 0 aliphatic heterocycles. The molecule has 2 rings (SSSR count). The van der Waals surface area contributed by atoms with Crippen LogP contribution in [0.25, 0.3) is 0 Å². The number of carbonyl (C=O) groups excluding carboxylic acids is 3. The lowest BCUT2D eigenvalue weighted by atomic mass is 9.97. The fourth-order valence-corrected chi connectivity index (χ4v) is 3.29. The van der Waals surface area contributed by atoms with E-state index in [0.717, 1.165) is 0 Å². The van der Waals surface area contributed by atoms with E-state index >= 15 is 0 Å². The van der Waals surface area contributed by atoms with Gasteiger partial charge in [-0.1, -0.05) is 29.3 Å². The summed E-state index contributed by atoms with van der Waals surface area (Å²) < 4.78 is 20.3. The van der Waals surface area contributed by atoms with Gasteiger partial charge in [0.15, 0.2) is 5.92 Å². The summed E-state index contributed by atoms with van der Waals surface area (Å²) in [6.07, 6.45) is -0.685. The number of hydrogen-bond acceptors (Lipinski definition) is 7. The first-order valence-corrected chi connectivity index (χ1v) is 10.3. The Bertz CT molecular complexity index is 965. The predicted molar refractivity (Wildman–Crippen MR) is 119 cm³/mol. The Balaban J connectivity index is 2.15. The molecular weight excluding hydrogens is 461 g/mol. The number of rotatable bonds is 9. The van der Waals surface area contributed by atoms with Gasteiger partial charge in [0.05, 0.1) is 31.5 Å². The Morgan fingerprint density at radius 3 is 2.28 bits per heavy atom. The van der Waals surface area contributed by atoms with Gasteiger partial charge in [-0.05, 0) is 49.2 Å². The van der Waals surface area contributed by atoms with Gasteiger partial charge in [-0.15, -0.1) is 0 Å². The minimum atomic E-state index is -1.12. The Hall–Kier alpha value is -2.97. The molecular formula is C22H23Cl2NO7. The summed E-state index contributed by atoms with van der Waals surface area (Å²) in [5.74, 6) is -2.03. The second-order valence-corrected chi connectivity index (χ2v) is 7.35. The van der Waals surface area contributed by atoms with Crippen LogP contribution in [0.4, 0.5) is 10.5 Å². The van der Waals surface area contributed by atoms with Gasteiger partial charge in [0.2, 0.25) is 0 Å². The second kappa shape index (κ2) is 12.2. The van der Waals surface area contributed by atoms with E-state index in [1.54, 1.807) is 30.3 Å². The van der Waals surface area contributed by atoms with Gasteiger partial charge in [-0.2, -0.15) is 0 Å². The van der Waals surface area contributed by atoms with Crippen LogP contribution in [0.1, 0.15) is 18.1 Å². The second-order valence-electron chi connectivity index (χ2n) is 6.50. The molecule has 0 saturated heterocycles. The standard InChI is InChI=1S/C22H23Cl2NO7/c1-4-31-19-8-5-13(10-16(20(26)29-2)21(27)30-3)9-14(19)12-32-22(28)25-18-7-6-15(23)11-17(18)24/h5-9,11,16H,4,10,12H2,1-3H3,(H,25,28). The quantitative estimate of drug-likeness (QED) is 0.314. The molecule has 0 unspecified atom stereocenters. The van der Waals surface area contributed by atoms with Crippen molar-refractivity contribution in [1.82, 2.24) is 0 Å². The number of benzene rings is 2. The molecule has 0 bridgehead atoms. The first-order valence-electron chi connectivity index (χ1n) is 9.58. The van der Waals surface area contributed by atoms with Crippen LogP contribution >= 0.6 is 23.2 Å². The molecule has 10 heteroatoms. The zero-order valence-electron chi connectivity index (χ0n) is 17.8. The maximum Gasteiger partial charge on any atom is 0.412 e. The number of hydrogen-bond donors (Lipinski definition) is 1. The van der Waals surface area contributed by atoms with Crippen molar-refractivity contribution in [3.8, 4) is 5.75 Å². The average molecular weight is 484 g/mol. The van der Waals surface area contributed by atoms with E-state index in [1.165, 1.54) is 20.3 Å². The molecule has 0 spiro atoms. The van der Waals surface area contributed by atoms with E-state index < -0.39 is 23.9 Å². The molecule has 0 saturated carbocycles. The molecule has 0 radical (unpaired) electrons. The van der Waals surface area contributed by atoms with Crippen molar-refractivity contribution in [1.29, 1.82) is 0 Å². The summed E-state index contributed by atoms with van der Waals surface area (Å²) in [6, 6.07) is 9.70. The summed E-state index contributed by atoms with van der Waals surface area (Å²) in [5, 5.41) is 3.24. The van der Waals surface area contributed by atoms with Crippen LogP contribution in [0.15, 0.2) is 36.4 Å². The largest absolute Gasteiger partial charge is 0.493 e. The molecule has 2 aromatic rings. The molecule has 0 aliphatic carbocycles. The van der Waals surface area contributed by atoms with Crippen LogP contribution in [0.5, 0.6) is 5.75 Å². The Morgan fingerprint density at radius 2 is 1.69 bits per heavy atom. The SMILES string of the molecule is CCOc1ccc(CC(C(=O)OC)C(=O)OC)cc1COC(=O)Nc1ccc(Cl)cc1Cl. The molecule has 1 amide bonds. The first kappa shape index (κ1) is 25.3. The number of amides is 1. The zero-order valence-corrected chi connectivity index (χ0v) is 19.3. The number of esters is 2. The van der Waals surface area contributed by atoms with Crippen LogP contribution in [0.2, 0.25) is 10.0 Å². The van der Waals surface area contributed by atoms with Gasteiger partial charge < -0.3 is 18.9 Å². The summed E-state index contributed by atoms with van der Waals surface area (Å²) >= 11 is 11.9. The molecule has 0 atom stereocenters. The summed E-state index contributed by atoms with van der Waals surface area (Å²) in [7, 11) is 2.39. The van der Waals surface area contributed by atoms with E-state index in [9.17, 15) is 14.4 Å². The van der Waals surface area contributed by atoms with Crippen molar-refractivity contribution in [2.45, 2.75) is 20.0 Å². The van der Waals surface area contributed by atoms with Crippen molar-refractivity contribution in [3.05, 3.63) is 57.6 Å². The Kier molecular flexibility index (Phi) is 9.61. The van der Waals surface area contributed by atoms with Gasteiger partial charge in [-0.25, -0.2) is 4.79 Å². The fraction of sp³-hybridized carbons (Fsp3) is 0.318. The molecule has 32 heavy (non-hydrogen) atoms. The lowest BCUT2D eigenvalue weighted by Crippen LogP contribution is -2.28. The highest BCUT2D eigenvalue weighted by Gasteiger charge is 2.29. The highest BCUT2D eigenvalue weighted by Crippen LogP contribution is 2.26. The number of methoxy groups -OCH3 is 2. The van der Waals surface area contributed by atoms with Crippen molar-refractivity contribution in [2.24, 2.45) is 5.92 Å². The maximum absolute atomic E-state index is 12.2. The Morgan fingerprint density at radius 1 is 1.00 bits per heavy atom. The van der Waals surface area contributed by atoms with Gasteiger partial charge in [0.25, 0.3) is 0 Å². The summed E-state index contributed by atoms with van der Waals surface area (Å²) in [4.78, 5) is 36.2. The third-order valence-corrected chi connectivity index (χ3v) is 4.91. The van der Waals surface area contributed by atoms with Crippen LogP contribution in [0.3, 0.4) is 0 Å². The molecule has 0 aliphatic rings. The summed E-state index contributed by atoms with van der Waals surface area (Å²) in [6.45, 7) is 2.09. The third kappa shape index (κ3) is 7.03. The minimum absolute atomic E-state index is 0.0470. The molecule has 8 nitrogen and oxygen atoms in total. The molecule has 0 aromatic heterocycles. The minimum Gasteiger partial charge on any atom is -0.493 e. The van der Waals surface area contributed by atoms with Crippen LogP contribution < -0.4 is 10.1 Å². The van der Waals surface area contributed by atoms with Gasteiger partial charge in [0, 0.05) is 10.6 Å². The van der Waals surface area contributed by atoms with E-state index in [-0.39, 0.29) is 18.1 Å². The van der Waals surface area contributed by atoms with E-state index in [1.807, 2.05) is 6.92 Å². The maximum atomic E-state index is 12.2. The fourth-order valence-electron chi connectivity index (χ4n) is 2.83. The van der Waals surface area contributed by atoms with Gasteiger partial charge >= 0.3 is 18.0 Å². The number of anilines is 1. The van der Waals surface area contributed by atoms with Crippen molar-refractivity contribution in [3.63, 3.8) is 0 Å². The smallest absolute Gasteiger partial charge is 0.412 e. The van der Waals surface area contributed by atoms with Gasteiger partial charge in [0.1, 0.15) is 12.4 Å². The van der Waals surface area contributed by atoms with Crippen LogP contribution in [0, 0.1) is 5.92 Å². The summed E-state index contributed by atoms with van der Waals surface area (Å²) in [5.41, 5.74) is 1.53.